The van der Waals surface area contributed by atoms with E-state index in [9.17, 15) is 14.4 Å². The summed E-state index contributed by atoms with van der Waals surface area (Å²) in [4.78, 5) is 39.0. The topological polar surface area (TPSA) is 99.6 Å². The number of nitrogens with zero attached hydrogens (tertiary/aromatic N) is 4. The number of ether oxygens (including phenoxy) is 1. The Balaban J connectivity index is 1.55. The highest BCUT2D eigenvalue weighted by molar-refractivity contribution is 7.17. The van der Waals surface area contributed by atoms with Gasteiger partial charge in [0.2, 0.25) is 11.7 Å². The van der Waals surface area contributed by atoms with Crippen molar-refractivity contribution >= 4 is 38.9 Å². The third-order valence-electron chi connectivity index (χ3n) is 5.76. The molecule has 1 saturated heterocycles. The SMILES string of the molecule is Cc1ccc(C)c(NC(=O)Cn2nc3n(C[C@H]4CCCO4)c(=O)c4sccc4n3c2=O)c1. The maximum atomic E-state index is 13.2. The van der Waals surface area contributed by atoms with Crippen molar-refractivity contribution in [3.8, 4) is 0 Å². The summed E-state index contributed by atoms with van der Waals surface area (Å²) in [6.45, 7) is 4.58. The molecule has 0 spiro atoms. The van der Waals surface area contributed by atoms with Crippen LogP contribution in [-0.2, 0) is 22.6 Å². The minimum atomic E-state index is -0.458. The Morgan fingerprint density at radius 2 is 2.12 bits per heavy atom. The smallest absolute Gasteiger partial charge is 0.352 e. The van der Waals surface area contributed by atoms with E-state index in [1.54, 1.807) is 11.4 Å². The van der Waals surface area contributed by atoms with Crippen LogP contribution in [0.3, 0.4) is 0 Å². The molecule has 0 unspecified atom stereocenters. The standard InChI is InChI=1S/C22H23N5O4S/c1-13-5-6-14(2)16(10-13)23-18(28)12-26-22(30)27-17-7-9-32-19(17)20(29)25(21(27)24-26)11-15-4-3-8-31-15/h5-7,9-10,15H,3-4,8,11-12H2,1-2H3,(H,23,28)/t15-/m1/s1. The second-order valence-electron chi connectivity index (χ2n) is 8.13. The molecule has 1 aromatic carbocycles. The highest BCUT2D eigenvalue weighted by Gasteiger charge is 2.23. The van der Waals surface area contributed by atoms with Gasteiger partial charge in [0.15, 0.2) is 0 Å². The lowest BCUT2D eigenvalue weighted by Gasteiger charge is -2.12. The molecule has 0 radical (unpaired) electrons. The summed E-state index contributed by atoms with van der Waals surface area (Å²) in [5.74, 6) is -0.139. The molecule has 1 fully saturated rings. The molecular weight excluding hydrogens is 430 g/mol. The number of fused-ring (bicyclic) bond motifs is 3. The quantitative estimate of drug-likeness (QED) is 0.500. The van der Waals surface area contributed by atoms with Gasteiger partial charge in [-0.1, -0.05) is 12.1 Å². The molecule has 0 bridgehead atoms. The second-order valence-corrected chi connectivity index (χ2v) is 9.04. The summed E-state index contributed by atoms with van der Waals surface area (Å²) >= 11 is 1.29. The molecule has 1 aliphatic rings. The highest BCUT2D eigenvalue weighted by Crippen LogP contribution is 2.20. The zero-order valence-corrected chi connectivity index (χ0v) is 18.6. The Bertz CT molecular complexity index is 1460. The van der Waals surface area contributed by atoms with Crippen molar-refractivity contribution in [2.24, 2.45) is 0 Å². The number of anilines is 1. The van der Waals surface area contributed by atoms with E-state index in [1.807, 2.05) is 32.0 Å². The fraction of sp³-hybridized carbons (Fsp3) is 0.364. The number of amides is 1. The fourth-order valence-corrected chi connectivity index (χ4v) is 4.91. The van der Waals surface area contributed by atoms with Crippen LogP contribution in [0.15, 0.2) is 39.2 Å². The zero-order valence-electron chi connectivity index (χ0n) is 17.8. The average Bonchev–Trinajstić information content (AvgIpc) is 3.49. The maximum absolute atomic E-state index is 13.2. The molecule has 1 aliphatic heterocycles. The van der Waals surface area contributed by atoms with Crippen LogP contribution < -0.4 is 16.6 Å². The predicted molar refractivity (Wildman–Crippen MR) is 123 cm³/mol. The van der Waals surface area contributed by atoms with Gasteiger partial charge in [-0.05, 0) is 55.3 Å². The summed E-state index contributed by atoms with van der Waals surface area (Å²) in [6, 6.07) is 7.51. The number of aromatic nitrogens is 4. The number of hydrogen-bond donors (Lipinski definition) is 1. The van der Waals surface area contributed by atoms with Gasteiger partial charge < -0.3 is 10.1 Å². The lowest BCUT2D eigenvalue weighted by Crippen LogP contribution is -2.30. The number of nitrogens with one attached hydrogen (secondary N) is 1. The first-order chi connectivity index (χ1) is 15.4. The molecule has 1 atom stereocenters. The normalized spacial score (nSPS) is 16.2. The largest absolute Gasteiger partial charge is 0.376 e. The van der Waals surface area contributed by atoms with Crippen LogP contribution in [0.2, 0.25) is 0 Å². The molecule has 32 heavy (non-hydrogen) atoms. The Labute approximate surface area is 186 Å². The van der Waals surface area contributed by atoms with Crippen LogP contribution in [0.1, 0.15) is 24.0 Å². The van der Waals surface area contributed by atoms with E-state index in [2.05, 4.69) is 10.4 Å². The third-order valence-corrected chi connectivity index (χ3v) is 6.65. The van der Waals surface area contributed by atoms with E-state index in [0.29, 0.717) is 29.1 Å². The van der Waals surface area contributed by atoms with E-state index < -0.39 is 5.69 Å². The maximum Gasteiger partial charge on any atom is 0.352 e. The number of carbonyl (C=O) groups excluding carboxylic acids is 1. The van der Waals surface area contributed by atoms with E-state index in [4.69, 9.17) is 4.74 Å². The predicted octanol–water partition coefficient (Wildman–Crippen LogP) is 2.31. The van der Waals surface area contributed by atoms with Gasteiger partial charge in [-0.2, -0.15) is 0 Å². The molecule has 3 aromatic heterocycles. The molecule has 0 saturated carbocycles. The van der Waals surface area contributed by atoms with Crippen molar-refractivity contribution in [2.45, 2.75) is 45.9 Å². The Morgan fingerprint density at radius 1 is 1.28 bits per heavy atom. The molecule has 4 heterocycles. The Morgan fingerprint density at radius 3 is 2.91 bits per heavy atom. The molecular formula is C22H23N5O4S. The monoisotopic (exact) mass is 453 g/mol. The summed E-state index contributed by atoms with van der Waals surface area (Å²) in [7, 11) is 0. The summed E-state index contributed by atoms with van der Waals surface area (Å²) in [5, 5.41) is 9.02. The Kier molecular flexibility index (Phi) is 5.18. The number of hydrogen-bond acceptors (Lipinski definition) is 6. The average molecular weight is 454 g/mol. The molecule has 1 N–H and O–H groups in total. The Hall–Kier alpha value is -3.24. The number of benzene rings is 1. The summed E-state index contributed by atoms with van der Waals surface area (Å²) in [5.41, 5.74) is 2.49. The van der Waals surface area contributed by atoms with Crippen molar-refractivity contribution in [3.05, 3.63) is 61.6 Å². The van der Waals surface area contributed by atoms with Gasteiger partial charge in [-0.15, -0.1) is 16.4 Å². The van der Waals surface area contributed by atoms with Gasteiger partial charge in [0.1, 0.15) is 11.2 Å². The van der Waals surface area contributed by atoms with E-state index >= 15 is 0 Å². The van der Waals surface area contributed by atoms with Crippen LogP contribution in [0.5, 0.6) is 0 Å². The summed E-state index contributed by atoms with van der Waals surface area (Å²) in [6.07, 6.45) is 1.70. The van der Waals surface area contributed by atoms with E-state index in [0.717, 1.165) is 28.7 Å². The minimum Gasteiger partial charge on any atom is -0.376 e. The lowest BCUT2D eigenvalue weighted by atomic mass is 10.1. The van der Waals surface area contributed by atoms with Crippen molar-refractivity contribution in [3.63, 3.8) is 0 Å². The van der Waals surface area contributed by atoms with Crippen molar-refractivity contribution in [1.82, 2.24) is 18.7 Å². The zero-order chi connectivity index (χ0) is 22.4. The number of aryl methyl sites for hydroxylation is 2. The van der Waals surface area contributed by atoms with Crippen molar-refractivity contribution in [1.29, 1.82) is 0 Å². The van der Waals surface area contributed by atoms with E-state index in [1.165, 1.54) is 20.3 Å². The summed E-state index contributed by atoms with van der Waals surface area (Å²) < 4.78 is 10.2. The number of carbonyl (C=O) groups is 1. The van der Waals surface area contributed by atoms with Gasteiger partial charge in [-0.25, -0.2) is 13.9 Å². The number of thiophene rings is 1. The minimum absolute atomic E-state index is 0.0956. The van der Waals surface area contributed by atoms with Crippen molar-refractivity contribution in [2.75, 3.05) is 11.9 Å². The van der Waals surface area contributed by atoms with Gasteiger partial charge >= 0.3 is 5.69 Å². The molecule has 4 aromatic rings. The molecule has 0 aliphatic carbocycles. The molecule has 1 amide bonds. The second kappa shape index (κ2) is 8.03. The molecule has 9 nitrogen and oxygen atoms in total. The number of rotatable bonds is 5. The fourth-order valence-electron chi connectivity index (χ4n) is 4.09. The first kappa shape index (κ1) is 20.7. The first-order valence-corrected chi connectivity index (χ1v) is 11.4. The van der Waals surface area contributed by atoms with Gasteiger partial charge in [0.25, 0.3) is 5.56 Å². The van der Waals surface area contributed by atoms with Crippen LogP contribution in [0.25, 0.3) is 16.0 Å². The van der Waals surface area contributed by atoms with Crippen LogP contribution >= 0.6 is 11.3 Å². The molecule has 166 valence electrons. The van der Waals surface area contributed by atoms with Crippen LogP contribution in [-0.4, -0.2) is 37.4 Å². The molecule has 5 rings (SSSR count). The highest BCUT2D eigenvalue weighted by atomic mass is 32.1. The lowest BCUT2D eigenvalue weighted by molar-refractivity contribution is -0.117. The van der Waals surface area contributed by atoms with Crippen LogP contribution in [0.4, 0.5) is 5.69 Å². The first-order valence-electron chi connectivity index (χ1n) is 10.5. The molecule has 10 heteroatoms. The van der Waals surface area contributed by atoms with Gasteiger partial charge in [-0.3, -0.25) is 14.2 Å². The third kappa shape index (κ3) is 3.55. The van der Waals surface area contributed by atoms with Crippen molar-refractivity contribution < 1.29 is 9.53 Å². The van der Waals surface area contributed by atoms with Crippen LogP contribution in [0, 0.1) is 13.8 Å². The van der Waals surface area contributed by atoms with E-state index in [-0.39, 0.29) is 29.9 Å². The van der Waals surface area contributed by atoms with Gasteiger partial charge in [0.05, 0.1) is 18.2 Å². The van der Waals surface area contributed by atoms with Gasteiger partial charge in [0, 0.05) is 12.3 Å².